The fourth-order valence-corrected chi connectivity index (χ4v) is 4.73. The molecule has 0 nitrogen and oxygen atoms in total. The molecule has 1 aromatic heterocycles. The van der Waals surface area contributed by atoms with Crippen molar-refractivity contribution in [3.8, 4) is 0 Å². The number of benzene rings is 1. The zero-order chi connectivity index (χ0) is 12.6. The van der Waals surface area contributed by atoms with Gasteiger partial charge in [-0.05, 0) is 58.2 Å². The SMILES string of the molecule is Cc1sc(Br)cc1C(Br)c1cc(F)cc(Br)c1. The third-order valence-corrected chi connectivity index (χ3v) is 5.43. The molecule has 0 amide bonds. The molecule has 0 fully saturated rings. The van der Waals surface area contributed by atoms with Crippen molar-refractivity contribution in [3.05, 3.63) is 54.3 Å². The first kappa shape index (κ1) is 13.7. The van der Waals surface area contributed by atoms with E-state index in [0.717, 1.165) is 13.8 Å². The zero-order valence-corrected chi connectivity index (χ0v) is 14.4. The maximum atomic E-state index is 13.4. The molecule has 17 heavy (non-hydrogen) atoms. The van der Waals surface area contributed by atoms with Gasteiger partial charge in [-0.1, -0.05) is 31.9 Å². The zero-order valence-electron chi connectivity index (χ0n) is 8.81. The highest BCUT2D eigenvalue weighted by molar-refractivity contribution is 9.11. The van der Waals surface area contributed by atoms with Crippen molar-refractivity contribution in [1.82, 2.24) is 0 Å². The van der Waals surface area contributed by atoms with Crippen molar-refractivity contribution in [2.45, 2.75) is 11.8 Å². The monoisotopic (exact) mass is 440 g/mol. The Morgan fingerprint density at radius 3 is 2.41 bits per heavy atom. The van der Waals surface area contributed by atoms with E-state index in [1.807, 2.05) is 6.07 Å². The van der Waals surface area contributed by atoms with Crippen LogP contribution in [0.25, 0.3) is 0 Å². The molecular weight excluding hydrogens is 435 g/mol. The van der Waals surface area contributed by atoms with Crippen LogP contribution in [-0.2, 0) is 0 Å². The number of halogens is 4. The fourth-order valence-electron chi connectivity index (χ4n) is 1.61. The van der Waals surface area contributed by atoms with Crippen LogP contribution in [0.3, 0.4) is 0 Å². The minimum absolute atomic E-state index is 0.0112. The minimum Gasteiger partial charge on any atom is -0.207 e. The van der Waals surface area contributed by atoms with Gasteiger partial charge in [-0.25, -0.2) is 4.39 Å². The van der Waals surface area contributed by atoms with E-state index >= 15 is 0 Å². The summed E-state index contributed by atoms with van der Waals surface area (Å²) in [7, 11) is 0. The molecule has 0 bridgehead atoms. The quantitative estimate of drug-likeness (QED) is 0.485. The third kappa shape index (κ3) is 3.19. The van der Waals surface area contributed by atoms with E-state index in [1.54, 1.807) is 17.4 Å². The van der Waals surface area contributed by atoms with Crippen molar-refractivity contribution >= 4 is 59.1 Å². The Labute approximate surface area is 129 Å². The molecular formula is C12H8Br3FS. The van der Waals surface area contributed by atoms with Crippen molar-refractivity contribution in [1.29, 1.82) is 0 Å². The normalized spacial score (nSPS) is 12.8. The standard InChI is InChI=1S/C12H8Br3FS/c1-6-10(5-11(14)17-6)12(15)7-2-8(13)4-9(16)3-7/h2-5,12H,1H3. The second kappa shape index (κ2) is 5.51. The molecule has 5 heteroatoms. The summed E-state index contributed by atoms with van der Waals surface area (Å²) in [6.45, 7) is 2.06. The largest absolute Gasteiger partial charge is 0.207 e. The Balaban J connectivity index is 2.43. The highest BCUT2D eigenvalue weighted by Gasteiger charge is 2.16. The molecule has 2 aromatic rings. The molecule has 1 heterocycles. The average Bonchev–Trinajstić information content (AvgIpc) is 2.55. The summed E-state index contributed by atoms with van der Waals surface area (Å²) < 4.78 is 15.2. The molecule has 0 spiro atoms. The molecule has 0 aliphatic heterocycles. The van der Waals surface area contributed by atoms with Crippen molar-refractivity contribution in [2.75, 3.05) is 0 Å². The van der Waals surface area contributed by atoms with Crippen molar-refractivity contribution in [2.24, 2.45) is 0 Å². The summed E-state index contributed by atoms with van der Waals surface area (Å²) in [6, 6.07) is 7.00. The van der Waals surface area contributed by atoms with E-state index in [1.165, 1.54) is 16.5 Å². The molecule has 1 atom stereocenters. The Kier molecular flexibility index (Phi) is 4.45. The summed E-state index contributed by atoms with van der Waals surface area (Å²) in [6.07, 6.45) is 0. The minimum atomic E-state index is -0.231. The number of rotatable bonds is 2. The highest BCUT2D eigenvalue weighted by atomic mass is 79.9. The van der Waals surface area contributed by atoms with Crippen LogP contribution in [0.4, 0.5) is 4.39 Å². The van der Waals surface area contributed by atoms with Crippen LogP contribution in [-0.4, -0.2) is 0 Å². The van der Waals surface area contributed by atoms with Crippen LogP contribution in [0.2, 0.25) is 0 Å². The maximum Gasteiger partial charge on any atom is 0.124 e. The van der Waals surface area contributed by atoms with E-state index in [9.17, 15) is 4.39 Å². The fraction of sp³-hybridized carbons (Fsp3) is 0.167. The van der Waals surface area contributed by atoms with Gasteiger partial charge >= 0.3 is 0 Å². The second-order valence-corrected chi connectivity index (χ2v) is 8.09. The van der Waals surface area contributed by atoms with E-state index in [-0.39, 0.29) is 10.6 Å². The van der Waals surface area contributed by atoms with Gasteiger partial charge in [0.2, 0.25) is 0 Å². The summed E-state index contributed by atoms with van der Waals surface area (Å²) in [5.74, 6) is -0.231. The number of hydrogen-bond donors (Lipinski definition) is 0. The van der Waals surface area contributed by atoms with Crippen LogP contribution in [0, 0.1) is 12.7 Å². The Hall–Kier alpha value is 0.290. The molecule has 90 valence electrons. The first-order valence-corrected chi connectivity index (χ1v) is 8.15. The van der Waals surface area contributed by atoms with Crippen LogP contribution in [0.1, 0.15) is 20.8 Å². The van der Waals surface area contributed by atoms with E-state index in [2.05, 4.69) is 60.8 Å². The summed E-state index contributed by atoms with van der Waals surface area (Å²) in [4.78, 5) is 1.23. The second-order valence-electron chi connectivity index (χ2n) is 3.63. The lowest BCUT2D eigenvalue weighted by atomic mass is 10.1. The van der Waals surface area contributed by atoms with E-state index in [0.29, 0.717) is 0 Å². The molecule has 0 aliphatic rings. The predicted molar refractivity (Wildman–Crippen MR) is 81.6 cm³/mol. The molecule has 2 rings (SSSR count). The van der Waals surface area contributed by atoms with Gasteiger partial charge in [0.15, 0.2) is 0 Å². The molecule has 0 saturated heterocycles. The van der Waals surface area contributed by atoms with Gasteiger partial charge in [0.1, 0.15) is 5.82 Å². The van der Waals surface area contributed by atoms with Gasteiger partial charge in [-0.2, -0.15) is 0 Å². The smallest absolute Gasteiger partial charge is 0.124 e. The summed E-state index contributed by atoms with van der Waals surface area (Å²) in [5.41, 5.74) is 2.07. The molecule has 1 aromatic carbocycles. The van der Waals surface area contributed by atoms with E-state index in [4.69, 9.17) is 0 Å². The molecule has 0 aliphatic carbocycles. The lowest BCUT2D eigenvalue weighted by Crippen LogP contribution is -1.93. The molecule has 0 radical (unpaired) electrons. The molecule has 1 unspecified atom stereocenters. The molecule has 0 N–H and O–H groups in total. The van der Waals surface area contributed by atoms with Gasteiger partial charge in [0.05, 0.1) is 8.61 Å². The predicted octanol–water partition coefficient (Wildman–Crippen LogP) is 6.20. The topological polar surface area (TPSA) is 0 Å². The highest BCUT2D eigenvalue weighted by Crippen LogP contribution is 2.39. The van der Waals surface area contributed by atoms with Crippen LogP contribution in [0.5, 0.6) is 0 Å². The number of thiophene rings is 1. The number of aryl methyl sites for hydroxylation is 1. The number of hydrogen-bond acceptors (Lipinski definition) is 1. The maximum absolute atomic E-state index is 13.4. The summed E-state index contributed by atoms with van der Waals surface area (Å²) in [5, 5.41) is 0. The van der Waals surface area contributed by atoms with Gasteiger partial charge < -0.3 is 0 Å². The van der Waals surface area contributed by atoms with Crippen molar-refractivity contribution in [3.63, 3.8) is 0 Å². The first-order chi connectivity index (χ1) is 7.97. The van der Waals surface area contributed by atoms with Crippen LogP contribution >= 0.6 is 59.1 Å². The van der Waals surface area contributed by atoms with Crippen molar-refractivity contribution < 1.29 is 4.39 Å². The third-order valence-electron chi connectivity index (χ3n) is 2.38. The Morgan fingerprint density at radius 1 is 1.18 bits per heavy atom. The Bertz CT molecular complexity index is 530. The first-order valence-electron chi connectivity index (χ1n) is 4.83. The Morgan fingerprint density at radius 2 is 1.88 bits per heavy atom. The lowest BCUT2D eigenvalue weighted by molar-refractivity contribution is 0.625. The summed E-state index contributed by atoms with van der Waals surface area (Å²) >= 11 is 12.1. The van der Waals surface area contributed by atoms with Gasteiger partial charge in [-0.3, -0.25) is 0 Å². The lowest BCUT2D eigenvalue weighted by Gasteiger charge is -2.10. The van der Waals surface area contributed by atoms with Gasteiger partial charge in [0, 0.05) is 9.35 Å². The number of alkyl halides is 1. The van der Waals surface area contributed by atoms with Gasteiger partial charge in [0.25, 0.3) is 0 Å². The van der Waals surface area contributed by atoms with Crippen LogP contribution < -0.4 is 0 Å². The van der Waals surface area contributed by atoms with Crippen LogP contribution in [0.15, 0.2) is 32.5 Å². The average molecular weight is 443 g/mol. The van der Waals surface area contributed by atoms with Gasteiger partial charge in [-0.15, -0.1) is 11.3 Å². The van der Waals surface area contributed by atoms with E-state index < -0.39 is 0 Å². The molecule has 0 saturated carbocycles.